The maximum Gasteiger partial charge on any atom is 0.338 e. The number of piperidine rings is 1. The van der Waals surface area contributed by atoms with Crippen LogP contribution in [0, 0.1) is 0 Å². The standard InChI is InChI=1S/C18H28N2O2/c1-6-13-7-9-14(10-8-13)16(21)22-15-11-17(2,3)20(19)18(4,5)12-15/h7-10,15H,6,11-12,19H2,1-5H3. The summed E-state index contributed by atoms with van der Waals surface area (Å²) in [5.74, 6) is 5.97. The van der Waals surface area contributed by atoms with E-state index in [1.807, 2.05) is 29.3 Å². The van der Waals surface area contributed by atoms with Gasteiger partial charge in [0.15, 0.2) is 0 Å². The number of hydrogen-bond acceptors (Lipinski definition) is 4. The third-order valence-electron chi connectivity index (χ3n) is 4.63. The number of nitrogens with zero attached hydrogens (tertiary/aromatic N) is 1. The Morgan fingerprint density at radius 3 is 2.14 bits per heavy atom. The normalized spacial score (nSPS) is 21.5. The van der Waals surface area contributed by atoms with Crippen LogP contribution in [0.4, 0.5) is 0 Å². The van der Waals surface area contributed by atoms with E-state index in [9.17, 15) is 4.79 Å². The fourth-order valence-corrected chi connectivity index (χ4v) is 3.38. The molecular formula is C18H28N2O2. The molecule has 0 aliphatic carbocycles. The van der Waals surface area contributed by atoms with Crippen LogP contribution in [0.1, 0.15) is 63.4 Å². The highest BCUT2D eigenvalue weighted by atomic mass is 16.5. The Hall–Kier alpha value is -1.39. The highest BCUT2D eigenvalue weighted by Gasteiger charge is 2.45. The van der Waals surface area contributed by atoms with Gasteiger partial charge in [0.1, 0.15) is 6.10 Å². The van der Waals surface area contributed by atoms with Crippen molar-refractivity contribution in [3.8, 4) is 0 Å². The molecular weight excluding hydrogens is 276 g/mol. The summed E-state index contributed by atoms with van der Waals surface area (Å²) in [7, 11) is 0. The minimum Gasteiger partial charge on any atom is -0.459 e. The number of ether oxygens (including phenoxy) is 1. The number of hydrazine groups is 1. The second-order valence-corrected chi connectivity index (χ2v) is 7.48. The van der Waals surface area contributed by atoms with Gasteiger partial charge < -0.3 is 4.74 Å². The van der Waals surface area contributed by atoms with Crippen molar-refractivity contribution < 1.29 is 9.53 Å². The zero-order chi connectivity index (χ0) is 16.5. The Labute approximate surface area is 133 Å². The van der Waals surface area contributed by atoms with Crippen molar-refractivity contribution in [2.45, 2.75) is 71.1 Å². The number of nitrogens with two attached hydrogens (primary N) is 1. The van der Waals surface area contributed by atoms with Crippen LogP contribution >= 0.6 is 0 Å². The van der Waals surface area contributed by atoms with Crippen molar-refractivity contribution >= 4 is 5.97 Å². The Bertz CT molecular complexity index is 517. The molecule has 0 saturated carbocycles. The fourth-order valence-electron chi connectivity index (χ4n) is 3.38. The summed E-state index contributed by atoms with van der Waals surface area (Å²) >= 11 is 0. The van der Waals surface area contributed by atoms with Crippen LogP contribution in [0.3, 0.4) is 0 Å². The molecule has 4 heteroatoms. The van der Waals surface area contributed by atoms with E-state index >= 15 is 0 Å². The molecule has 1 aliphatic rings. The quantitative estimate of drug-likeness (QED) is 0.687. The van der Waals surface area contributed by atoms with E-state index in [1.54, 1.807) is 0 Å². The molecule has 1 fully saturated rings. The van der Waals surface area contributed by atoms with Crippen molar-refractivity contribution in [3.05, 3.63) is 35.4 Å². The molecule has 4 nitrogen and oxygen atoms in total. The van der Waals surface area contributed by atoms with E-state index in [0.717, 1.165) is 19.3 Å². The maximum atomic E-state index is 12.3. The number of benzene rings is 1. The lowest BCUT2D eigenvalue weighted by molar-refractivity contribution is -0.0884. The van der Waals surface area contributed by atoms with Crippen LogP contribution in [0.5, 0.6) is 0 Å². The second kappa shape index (κ2) is 6.01. The van der Waals surface area contributed by atoms with E-state index in [1.165, 1.54) is 5.56 Å². The Kier molecular flexibility index (Phi) is 4.64. The van der Waals surface area contributed by atoms with Crippen molar-refractivity contribution in [2.24, 2.45) is 5.84 Å². The summed E-state index contributed by atoms with van der Waals surface area (Å²) in [5, 5.41) is 1.89. The van der Waals surface area contributed by atoms with Gasteiger partial charge in [-0.25, -0.2) is 9.80 Å². The third kappa shape index (κ3) is 3.50. The molecule has 0 aromatic heterocycles. The van der Waals surface area contributed by atoms with Gasteiger partial charge in [-0.2, -0.15) is 0 Å². The van der Waals surface area contributed by atoms with Crippen LogP contribution in [0.25, 0.3) is 0 Å². The van der Waals surface area contributed by atoms with Gasteiger partial charge in [0.05, 0.1) is 5.56 Å². The maximum absolute atomic E-state index is 12.3. The first-order valence-corrected chi connectivity index (χ1v) is 8.00. The van der Waals surface area contributed by atoms with Gasteiger partial charge in [-0.1, -0.05) is 19.1 Å². The van der Waals surface area contributed by atoms with Crippen LogP contribution in [0.15, 0.2) is 24.3 Å². The summed E-state index contributed by atoms with van der Waals surface area (Å²) in [6, 6.07) is 7.64. The Balaban J connectivity index is 2.08. The molecule has 0 atom stereocenters. The number of carbonyl (C=O) groups is 1. The Morgan fingerprint density at radius 1 is 1.18 bits per heavy atom. The highest BCUT2D eigenvalue weighted by Crippen LogP contribution is 2.37. The number of rotatable bonds is 3. The Morgan fingerprint density at radius 2 is 1.68 bits per heavy atom. The average Bonchev–Trinajstić information content (AvgIpc) is 2.44. The van der Waals surface area contributed by atoms with E-state index in [2.05, 4.69) is 34.6 Å². The summed E-state index contributed by atoms with van der Waals surface area (Å²) in [5.41, 5.74) is 1.44. The van der Waals surface area contributed by atoms with Crippen LogP contribution < -0.4 is 5.84 Å². The smallest absolute Gasteiger partial charge is 0.338 e. The van der Waals surface area contributed by atoms with Gasteiger partial charge >= 0.3 is 5.97 Å². The number of hydrogen-bond donors (Lipinski definition) is 1. The molecule has 0 bridgehead atoms. The van der Waals surface area contributed by atoms with Crippen LogP contribution in [-0.2, 0) is 11.2 Å². The zero-order valence-electron chi connectivity index (χ0n) is 14.3. The summed E-state index contributed by atoms with van der Waals surface area (Å²) in [4.78, 5) is 12.3. The first-order valence-electron chi connectivity index (χ1n) is 8.00. The molecule has 1 aromatic carbocycles. The number of carbonyl (C=O) groups excluding carboxylic acids is 1. The minimum absolute atomic E-state index is 0.108. The molecule has 22 heavy (non-hydrogen) atoms. The predicted octanol–water partition coefficient (Wildman–Crippen LogP) is 3.30. The SMILES string of the molecule is CCc1ccc(C(=O)OC2CC(C)(C)N(N)C(C)(C)C2)cc1. The summed E-state index contributed by atoms with van der Waals surface area (Å²) in [6.07, 6.45) is 2.34. The van der Waals surface area contributed by atoms with Gasteiger partial charge in [0.25, 0.3) is 0 Å². The third-order valence-corrected chi connectivity index (χ3v) is 4.63. The molecule has 0 radical (unpaired) electrons. The molecule has 1 heterocycles. The molecule has 0 spiro atoms. The summed E-state index contributed by atoms with van der Waals surface area (Å²) < 4.78 is 5.75. The van der Waals surface area contributed by atoms with Crippen LogP contribution in [0.2, 0.25) is 0 Å². The largest absolute Gasteiger partial charge is 0.459 e. The molecule has 2 rings (SSSR count). The van der Waals surface area contributed by atoms with E-state index < -0.39 is 0 Å². The van der Waals surface area contributed by atoms with Crippen molar-refractivity contribution in [3.63, 3.8) is 0 Å². The number of esters is 1. The monoisotopic (exact) mass is 304 g/mol. The lowest BCUT2D eigenvalue weighted by atomic mass is 9.80. The predicted molar refractivity (Wildman–Crippen MR) is 88.4 cm³/mol. The molecule has 1 aromatic rings. The highest BCUT2D eigenvalue weighted by molar-refractivity contribution is 5.89. The molecule has 0 amide bonds. The van der Waals surface area contributed by atoms with E-state index in [4.69, 9.17) is 10.6 Å². The van der Waals surface area contributed by atoms with Gasteiger partial charge in [-0.15, -0.1) is 0 Å². The first-order chi connectivity index (χ1) is 10.2. The van der Waals surface area contributed by atoms with Gasteiger partial charge in [0.2, 0.25) is 0 Å². The lowest BCUT2D eigenvalue weighted by Crippen LogP contribution is -2.65. The van der Waals surface area contributed by atoms with Crippen LogP contribution in [-0.4, -0.2) is 28.2 Å². The molecule has 2 N–H and O–H groups in total. The first kappa shape index (κ1) is 17.0. The number of aryl methyl sites for hydroxylation is 1. The average molecular weight is 304 g/mol. The second-order valence-electron chi connectivity index (χ2n) is 7.48. The lowest BCUT2D eigenvalue weighted by Gasteiger charge is -2.52. The molecule has 1 saturated heterocycles. The zero-order valence-corrected chi connectivity index (χ0v) is 14.3. The molecule has 122 valence electrons. The van der Waals surface area contributed by atoms with Crippen molar-refractivity contribution in [1.82, 2.24) is 5.01 Å². The fraction of sp³-hybridized carbons (Fsp3) is 0.611. The minimum atomic E-state index is -0.246. The van der Waals surface area contributed by atoms with Crippen molar-refractivity contribution in [2.75, 3.05) is 0 Å². The molecule has 1 aliphatic heterocycles. The van der Waals surface area contributed by atoms with Gasteiger partial charge in [0, 0.05) is 23.9 Å². The van der Waals surface area contributed by atoms with Crippen molar-refractivity contribution in [1.29, 1.82) is 0 Å². The topological polar surface area (TPSA) is 55.6 Å². The van der Waals surface area contributed by atoms with Gasteiger partial charge in [-0.3, -0.25) is 5.84 Å². The summed E-state index contributed by atoms with van der Waals surface area (Å²) in [6.45, 7) is 10.4. The van der Waals surface area contributed by atoms with E-state index in [-0.39, 0.29) is 23.2 Å². The van der Waals surface area contributed by atoms with Gasteiger partial charge in [-0.05, 0) is 51.8 Å². The molecule has 0 unspecified atom stereocenters. The van der Waals surface area contributed by atoms with E-state index in [0.29, 0.717) is 5.56 Å².